The smallest absolute Gasteiger partial charge is 0.415 e. The summed E-state index contributed by atoms with van der Waals surface area (Å²) in [5, 5.41) is 20.0. The Balaban J connectivity index is 1.42. The molecule has 0 radical (unpaired) electrons. The van der Waals surface area contributed by atoms with E-state index in [1.807, 2.05) is 41.4 Å². The van der Waals surface area contributed by atoms with Crippen LogP contribution in [0.1, 0.15) is 31.4 Å². The van der Waals surface area contributed by atoms with Crippen LogP contribution in [0, 0.1) is 6.92 Å². The number of aromatic nitrogens is 4. The number of ether oxygens (including phenoxy) is 2. The molecule has 0 saturated heterocycles. The molecule has 36 heavy (non-hydrogen) atoms. The maximum Gasteiger partial charge on any atom is 0.415 e. The number of aliphatic hydroxyl groups is 1. The number of nitrogens with one attached hydrogen (secondary N) is 2. The Kier molecular flexibility index (Phi) is 8.06. The van der Waals surface area contributed by atoms with Crippen molar-refractivity contribution in [3.63, 3.8) is 0 Å². The maximum atomic E-state index is 12.5. The van der Waals surface area contributed by atoms with Crippen LogP contribution in [-0.4, -0.2) is 69.1 Å². The van der Waals surface area contributed by atoms with Crippen molar-refractivity contribution in [3.8, 4) is 5.75 Å². The maximum absolute atomic E-state index is 12.5. The zero-order chi connectivity index (χ0) is 25.9. The minimum atomic E-state index is -4.61. The monoisotopic (exact) mass is 510 g/mol. The first-order valence-electron chi connectivity index (χ1n) is 12.0. The molecule has 0 unspecified atom stereocenters. The molecule has 2 aromatic heterocycles. The lowest BCUT2D eigenvalue weighted by molar-refractivity contribution is -0.202. The van der Waals surface area contributed by atoms with Gasteiger partial charge in [0.05, 0.1) is 36.8 Å². The van der Waals surface area contributed by atoms with Crippen LogP contribution < -0.4 is 15.4 Å². The zero-order valence-corrected chi connectivity index (χ0v) is 20.7. The molecule has 3 aromatic rings. The van der Waals surface area contributed by atoms with Gasteiger partial charge in [0.1, 0.15) is 11.3 Å². The molecule has 1 atom stereocenters. The summed E-state index contributed by atoms with van der Waals surface area (Å²) >= 11 is 0. The Hall–Kier alpha value is -2.83. The molecule has 0 aliphatic heterocycles. The lowest BCUT2D eigenvalue weighted by Crippen LogP contribution is -2.44. The molecule has 1 aromatic carbocycles. The summed E-state index contributed by atoms with van der Waals surface area (Å²) in [5.41, 5.74) is 3.48. The third-order valence-electron chi connectivity index (χ3n) is 6.51. The Labute approximate surface area is 207 Å². The van der Waals surface area contributed by atoms with Gasteiger partial charge in [-0.3, -0.25) is 4.68 Å². The van der Waals surface area contributed by atoms with Crippen LogP contribution >= 0.6 is 0 Å². The normalized spacial score (nSPS) is 19.5. The van der Waals surface area contributed by atoms with Gasteiger partial charge >= 0.3 is 6.18 Å². The number of halogens is 3. The van der Waals surface area contributed by atoms with Crippen molar-refractivity contribution in [2.45, 2.75) is 63.6 Å². The fourth-order valence-corrected chi connectivity index (χ4v) is 4.45. The molecule has 12 heteroatoms. The van der Waals surface area contributed by atoms with Crippen LogP contribution in [0.5, 0.6) is 5.75 Å². The standard InChI is InChI=1S/C24H33F3N6O3/c1-15-10-22(31-33(15)8-9-35-3)30-19-11-18(12-20-23(19)29-14-32(20)2)36-17-6-4-16(5-7-17)28-13-21(34)24(25,26)27/h10-12,14,16-17,21,28,34H,4-9,13H2,1-3H3,(H,30,31)/t16-,17+,21-/m1/s1. The Morgan fingerprint density at radius 3 is 2.64 bits per heavy atom. The van der Waals surface area contributed by atoms with Crippen LogP contribution in [0.15, 0.2) is 24.5 Å². The van der Waals surface area contributed by atoms with Gasteiger partial charge in [-0.15, -0.1) is 0 Å². The summed E-state index contributed by atoms with van der Waals surface area (Å²) in [5.74, 6) is 1.38. The first-order chi connectivity index (χ1) is 17.1. The summed E-state index contributed by atoms with van der Waals surface area (Å²) in [4.78, 5) is 4.52. The summed E-state index contributed by atoms with van der Waals surface area (Å²) < 4.78 is 52.8. The number of alkyl halides is 3. The second-order valence-corrected chi connectivity index (χ2v) is 9.26. The number of rotatable bonds is 10. The average Bonchev–Trinajstić information content (AvgIpc) is 3.38. The number of hydrogen-bond donors (Lipinski definition) is 3. The number of methoxy groups -OCH3 is 1. The van der Waals surface area contributed by atoms with Gasteiger partial charge in [0.25, 0.3) is 0 Å². The first kappa shape index (κ1) is 26.2. The van der Waals surface area contributed by atoms with Crippen molar-refractivity contribution in [1.29, 1.82) is 0 Å². The van der Waals surface area contributed by atoms with E-state index in [0.29, 0.717) is 50.4 Å². The van der Waals surface area contributed by atoms with Gasteiger partial charge in [0, 0.05) is 50.6 Å². The summed E-state index contributed by atoms with van der Waals surface area (Å²) in [6, 6.07) is 5.74. The zero-order valence-electron chi connectivity index (χ0n) is 20.7. The number of fused-ring (bicyclic) bond motifs is 1. The molecule has 1 fully saturated rings. The average molecular weight is 511 g/mol. The molecule has 1 saturated carbocycles. The molecule has 0 bridgehead atoms. The molecule has 9 nitrogen and oxygen atoms in total. The molecule has 0 spiro atoms. The summed E-state index contributed by atoms with van der Waals surface area (Å²) in [6.45, 7) is 2.71. The largest absolute Gasteiger partial charge is 0.490 e. The summed E-state index contributed by atoms with van der Waals surface area (Å²) in [6.07, 6.45) is -2.51. The first-order valence-corrected chi connectivity index (χ1v) is 12.0. The van der Waals surface area contributed by atoms with Crippen LogP contribution in [0.2, 0.25) is 0 Å². The van der Waals surface area contributed by atoms with Crippen LogP contribution in [0.25, 0.3) is 11.0 Å². The van der Waals surface area contributed by atoms with Crippen molar-refractivity contribution in [1.82, 2.24) is 24.6 Å². The quantitative estimate of drug-likeness (QED) is 0.383. The Morgan fingerprint density at radius 2 is 1.94 bits per heavy atom. The number of anilines is 2. The highest BCUT2D eigenvalue weighted by molar-refractivity contribution is 5.91. The highest BCUT2D eigenvalue weighted by Gasteiger charge is 2.38. The van der Waals surface area contributed by atoms with Gasteiger partial charge in [0.15, 0.2) is 11.9 Å². The third kappa shape index (κ3) is 6.29. The fourth-order valence-electron chi connectivity index (χ4n) is 4.45. The van der Waals surface area contributed by atoms with E-state index in [0.717, 1.165) is 22.4 Å². The topological polar surface area (TPSA) is 98.4 Å². The van der Waals surface area contributed by atoms with Gasteiger partial charge < -0.3 is 29.8 Å². The number of aliphatic hydroxyl groups excluding tert-OH is 1. The lowest BCUT2D eigenvalue weighted by Gasteiger charge is -2.30. The second kappa shape index (κ2) is 11.1. The van der Waals surface area contributed by atoms with Gasteiger partial charge in [-0.2, -0.15) is 18.3 Å². The van der Waals surface area contributed by atoms with Crippen LogP contribution in [-0.2, 0) is 18.3 Å². The molecular weight excluding hydrogens is 477 g/mol. The predicted molar refractivity (Wildman–Crippen MR) is 130 cm³/mol. The highest BCUT2D eigenvalue weighted by Crippen LogP contribution is 2.33. The molecule has 3 N–H and O–H groups in total. The minimum absolute atomic E-state index is 0.0513. The van der Waals surface area contributed by atoms with Crippen LogP contribution in [0.4, 0.5) is 24.7 Å². The van der Waals surface area contributed by atoms with E-state index < -0.39 is 18.8 Å². The molecule has 0 amide bonds. The Bertz CT molecular complexity index is 1150. The molecule has 1 aliphatic rings. The summed E-state index contributed by atoms with van der Waals surface area (Å²) in [7, 11) is 3.57. The third-order valence-corrected chi connectivity index (χ3v) is 6.51. The van der Waals surface area contributed by atoms with Crippen LogP contribution in [0.3, 0.4) is 0 Å². The molecule has 198 valence electrons. The minimum Gasteiger partial charge on any atom is -0.490 e. The van der Waals surface area contributed by atoms with E-state index in [9.17, 15) is 18.3 Å². The fraction of sp³-hybridized carbons (Fsp3) is 0.583. The number of aryl methyl sites for hydroxylation is 2. The molecule has 1 aliphatic carbocycles. The predicted octanol–water partition coefficient (Wildman–Crippen LogP) is 3.67. The van der Waals surface area contributed by atoms with Crippen molar-refractivity contribution in [3.05, 3.63) is 30.2 Å². The van der Waals surface area contributed by atoms with E-state index in [-0.39, 0.29) is 12.1 Å². The lowest BCUT2D eigenvalue weighted by atomic mass is 9.93. The molecule has 2 heterocycles. The van der Waals surface area contributed by atoms with E-state index >= 15 is 0 Å². The van der Waals surface area contributed by atoms with E-state index in [4.69, 9.17) is 9.47 Å². The Morgan fingerprint density at radius 1 is 1.19 bits per heavy atom. The molecular formula is C24H33F3N6O3. The van der Waals surface area contributed by atoms with Crippen molar-refractivity contribution < 1.29 is 27.8 Å². The van der Waals surface area contributed by atoms with E-state index in [1.165, 1.54) is 0 Å². The van der Waals surface area contributed by atoms with Gasteiger partial charge in [-0.1, -0.05) is 0 Å². The van der Waals surface area contributed by atoms with Crippen molar-refractivity contribution in [2.24, 2.45) is 7.05 Å². The second-order valence-electron chi connectivity index (χ2n) is 9.26. The van der Waals surface area contributed by atoms with Gasteiger partial charge in [-0.25, -0.2) is 4.98 Å². The SMILES string of the molecule is COCCn1nc(Nc2cc(O[C@H]3CC[C@@H](NC[C@@H](O)C(F)(F)F)CC3)cc3c2ncn3C)cc1C. The number of nitrogens with zero attached hydrogens (tertiary/aromatic N) is 4. The van der Waals surface area contributed by atoms with E-state index in [2.05, 4.69) is 20.7 Å². The number of imidazole rings is 1. The number of hydrogen-bond acceptors (Lipinski definition) is 7. The van der Waals surface area contributed by atoms with Gasteiger partial charge in [-0.05, 0) is 32.6 Å². The molecule has 4 rings (SSSR count). The van der Waals surface area contributed by atoms with Crippen molar-refractivity contribution in [2.75, 3.05) is 25.6 Å². The van der Waals surface area contributed by atoms with Crippen molar-refractivity contribution >= 4 is 22.5 Å². The number of benzene rings is 1. The van der Waals surface area contributed by atoms with E-state index in [1.54, 1.807) is 13.4 Å². The highest BCUT2D eigenvalue weighted by atomic mass is 19.4. The van der Waals surface area contributed by atoms with Gasteiger partial charge in [0.2, 0.25) is 0 Å².